The molecule has 0 spiro atoms. The highest BCUT2D eigenvalue weighted by molar-refractivity contribution is 6.30. The lowest BCUT2D eigenvalue weighted by Gasteiger charge is -2.31. The fourth-order valence-electron chi connectivity index (χ4n) is 3.69. The fourth-order valence-corrected chi connectivity index (χ4v) is 3.82. The van der Waals surface area contributed by atoms with E-state index < -0.39 is 0 Å². The predicted octanol–water partition coefficient (Wildman–Crippen LogP) is 3.55. The molecule has 1 fully saturated rings. The Morgan fingerprint density at radius 3 is 2.73 bits per heavy atom. The largest absolute Gasteiger partial charge is 0.378 e. The smallest absolute Gasteiger partial charge is 0.291 e. The molecule has 1 aliphatic carbocycles. The summed E-state index contributed by atoms with van der Waals surface area (Å²) in [6.07, 6.45) is 5.74. The molecule has 0 atom stereocenters. The number of hydrogen-bond acceptors (Lipinski definition) is 5. The standard InChI is InChI=1S/C22H24ClN5O2/c1-15-12-20(26-25-15)22(29)27-24-14-18-5-4-17(13-16-2-6-19(23)7-3-16)21(18)28-8-10-30-11-9-28/h2-3,6-7,12-14H,4-5,8-11H2,1H3,(H,25,26)(H,27,29)/b17-13+,24-14+. The summed E-state index contributed by atoms with van der Waals surface area (Å²) in [6.45, 7) is 4.93. The first-order valence-electron chi connectivity index (χ1n) is 9.98. The zero-order valence-electron chi connectivity index (χ0n) is 16.8. The van der Waals surface area contributed by atoms with Gasteiger partial charge in [0.2, 0.25) is 0 Å². The van der Waals surface area contributed by atoms with Crippen LogP contribution in [0.25, 0.3) is 6.08 Å². The number of allylic oxidation sites excluding steroid dienone is 2. The fraction of sp³-hybridized carbons (Fsp3) is 0.318. The Morgan fingerprint density at radius 2 is 2.03 bits per heavy atom. The van der Waals surface area contributed by atoms with Crippen molar-refractivity contribution in [2.24, 2.45) is 5.10 Å². The molecule has 2 aromatic rings. The number of carbonyl (C=O) groups excluding carboxylic acids is 1. The van der Waals surface area contributed by atoms with Gasteiger partial charge in [0.05, 0.1) is 19.4 Å². The van der Waals surface area contributed by atoms with Gasteiger partial charge in [-0.15, -0.1) is 0 Å². The van der Waals surface area contributed by atoms with Crippen LogP contribution in [0.5, 0.6) is 0 Å². The summed E-state index contributed by atoms with van der Waals surface area (Å²) in [4.78, 5) is 14.5. The third-order valence-corrected chi connectivity index (χ3v) is 5.39. The summed E-state index contributed by atoms with van der Waals surface area (Å²) < 4.78 is 5.53. The first-order valence-corrected chi connectivity index (χ1v) is 10.4. The van der Waals surface area contributed by atoms with Crippen molar-refractivity contribution in [1.82, 2.24) is 20.5 Å². The van der Waals surface area contributed by atoms with E-state index in [4.69, 9.17) is 16.3 Å². The Balaban J connectivity index is 1.57. The quantitative estimate of drug-likeness (QED) is 0.567. The summed E-state index contributed by atoms with van der Waals surface area (Å²) >= 11 is 6.02. The second-order valence-corrected chi connectivity index (χ2v) is 7.77. The van der Waals surface area contributed by atoms with Crippen molar-refractivity contribution in [3.63, 3.8) is 0 Å². The highest BCUT2D eigenvalue weighted by atomic mass is 35.5. The Labute approximate surface area is 180 Å². The molecule has 0 unspecified atom stereocenters. The zero-order valence-corrected chi connectivity index (χ0v) is 17.6. The third kappa shape index (κ3) is 4.80. The van der Waals surface area contributed by atoms with Gasteiger partial charge in [0.1, 0.15) is 0 Å². The maximum atomic E-state index is 12.2. The molecule has 0 saturated carbocycles. The van der Waals surface area contributed by atoms with Crippen LogP contribution in [0.1, 0.15) is 34.6 Å². The summed E-state index contributed by atoms with van der Waals surface area (Å²) in [5, 5.41) is 11.6. The van der Waals surface area contributed by atoms with Crippen molar-refractivity contribution in [2.75, 3.05) is 26.3 Å². The molecule has 1 aromatic carbocycles. The molecule has 1 saturated heterocycles. The number of H-pyrrole nitrogens is 1. The number of aromatic nitrogens is 2. The molecule has 2 N–H and O–H groups in total. The first kappa shape index (κ1) is 20.4. The molecule has 4 rings (SSSR count). The van der Waals surface area contributed by atoms with Crippen LogP contribution < -0.4 is 5.43 Å². The number of hydrogen-bond donors (Lipinski definition) is 2. The second kappa shape index (κ2) is 9.28. The number of rotatable bonds is 5. The Morgan fingerprint density at radius 1 is 1.27 bits per heavy atom. The van der Waals surface area contributed by atoms with Gasteiger partial charge in [-0.3, -0.25) is 9.89 Å². The van der Waals surface area contributed by atoms with Gasteiger partial charge >= 0.3 is 0 Å². The van der Waals surface area contributed by atoms with Gasteiger partial charge in [0.15, 0.2) is 5.69 Å². The summed E-state index contributed by atoms with van der Waals surface area (Å²) in [7, 11) is 0. The molecular formula is C22H24ClN5O2. The van der Waals surface area contributed by atoms with E-state index in [1.165, 1.54) is 11.3 Å². The van der Waals surface area contributed by atoms with E-state index in [9.17, 15) is 4.79 Å². The van der Waals surface area contributed by atoms with Crippen molar-refractivity contribution in [3.05, 3.63) is 69.1 Å². The highest BCUT2D eigenvalue weighted by Crippen LogP contribution is 2.35. The zero-order chi connectivity index (χ0) is 20.9. The van der Waals surface area contributed by atoms with Crippen molar-refractivity contribution in [2.45, 2.75) is 19.8 Å². The molecule has 0 bridgehead atoms. The van der Waals surface area contributed by atoms with Crippen LogP contribution >= 0.6 is 11.6 Å². The minimum Gasteiger partial charge on any atom is -0.378 e. The van der Waals surface area contributed by atoms with Crippen LogP contribution in [0, 0.1) is 6.92 Å². The number of aryl methyl sites for hydroxylation is 1. The maximum absolute atomic E-state index is 12.2. The molecule has 2 aliphatic rings. The average Bonchev–Trinajstić information content (AvgIpc) is 3.36. The lowest BCUT2D eigenvalue weighted by molar-refractivity contribution is 0.0548. The number of hydrazone groups is 1. The molecule has 1 amide bonds. The molecule has 156 valence electrons. The van der Waals surface area contributed by atoms with Gasteiger partial charge in [-0.1, -0.05) is 23.7 Å². The number of nitrogens with zero attached hydrogens (tertiary/aromatic N) is 3. The van der Waals surface area contributed by atoms with E-state index in [-0.39, 0.29) is 5.91 Å². The SMILES string of the molecule is Cc1cc(C(=O)N/N=C/C2=C(N3CCOCC3)C(=C/c3ccc(Cl)cc3)/CC2)n[nH]1. The van der Waals surface area contributed by atoms with E-state index >= 15 is 0 Å². The summed E-state index contributed by atoms with van der Waals surface area (Å²) in [6, 6.07) is 9.52. The topological polar surface area (TPSA) is 82.6 Å². The molecular weight excluding hydrogens is 402 g/mol. The maximum Gasteiger partial charge on any atom is 0.291 e. The van der Waals surface area contributed by atoms with Crippen LogP contribution in [0.2, 0.25) is 5.02 Å². The van der Waals surface area contributed by atoms with Gasteiger partial charge in [0.25, 0.3) is 5.91 Å². The first-order chi connectivity index (χ1) is 14.6. The highest BCUT2D eigenvalue weighted by Gasteiger charge is 2.25. The minimum atomic E-state index is -0.334. The van der Waals surface area contributed by atoms with Crippen molar-refractivity contribution < 1.29 is 9.53 Å². The minimum absolute atomic E-state index is 0.321. The van der Waals surface area contributed by atoms with Gasteiger partial charge in [-0.05, 0) is 60.8 Å². The molecule has 2 heterocycles. The molecule has 7 nitrogen and oxygen atoms in total. The van der Waals surface area contributed by atoms with Crippen LogP contribution in [0.15, 0.2) is 52.3 Å². The average molecular weight is 426 g/mol. The molecule has 1 aliphatic heterocycles. The number of nitrogens with one attached hydrogen (secondary N) is 2. The van der Waals surface area contributed by atoms with Crippen LogP contribution in [-0.2, 0) is 4.74 Å². The van der Waals surface area contributed by atoms with E-state index in [0.717, 1.165) is 47.8 Å². The lowest BCUT2D eigenvalue weighted by Crippen LogP contribution is -2.36. The number of benzene rings is 1. The number of amides is 1. The molecule has 30 heavy (non-hydrogen) atoms. The third-order valence-electron chi connectivity index (χ3n) is 5.14. The monoisotopic (exact) mass is 425 g/mol. The number of aromatic amines is 1. The molecule has 0 radical (unpaired) electrons. The van der Waals surface area contributed by atoms with Gasteiger partial charge in [0, 0.05) is 29.5 Å². The number of halogens is 1. The Kier molecular flexibility index (Phi) is 6.30. The van der Waals surface area contributed by atoms with E-state index in [1.54, 1.807) is 12.3 Å². The van der Waals surface area contributed by atoms with Crippen LogP contribution in [0.3, 0.4) is 0 Å². The van der Waals surface area contributed by atoms with Gasteiger partial charge in [-0.2, -0.15) is 10.2 Å². The lowest BCUT2D eigenvalue weighted by atomic mass is 10.1. The normalized spacial score (nSPS) is 18.6. The number of morpholine rings is 1. The van der Waals surface area contributed by atoms with E-state index in [1.807, 2.05) is 31.2 Å². The van der Waals surface area contributed by atoms with Crippen molar-refractivity contribution >= 4 is 29.8 Å². The van der Waals surface area contributed by atoms with E-state index in [2.05, 4.69) is 31.7 Å². The summed E-state index contributed by atoms with van der Waals surface area (Å²) in [5.74, 6) is -0.334. The number of ether oxygens (including phenoxy) is 1. The van der Waals surface area contributed by atoms with E-state index in [0.29, 0.717) is 18.9 Å². The second-order valence-electron chi connectivity index (χ2n) is 7.33. The van der Waals surface area contributed by atoms with Gasteiger partial charge in [-0.25, -0.2) is 5.43 Å². The van der Waals surface area contributed by atoms with Crippen LogP contribution in [-0.4, -0.2) is 53.5 Å². The van der Waals surface area contributed by atoms with Gasteiger partial charge < -0.3 is 9.64 Å². The Hall–Kier alpha value is -2.90. The Bertz CT molecular complexity index is 1000. The predicted molar refractivity (Wildman–Crippen MR) is 117 cm³/mol. The molecule has 1 aromatic heterocycles. The molecule has 8 heteroatoms. The summed E-state index contributed by atoms with van der Waals surface area (Å²) in [5.41, 5.74) is 8.38. The number of carbonyl (C=O) groups is 1. The van der Waals surface area contributed by atoms with Crippen molar-refractivity contribution in [1.29, 1.82) is 0 Å². The van der Waals surface area contributed by atoms with Crippen LogP contribution in [0.4, 0.5) is 0 Å². The van der Waals surface area contributed by atoms with Crippen molar-refractivity contribution in [3.8, 4) is 0 Å².